The van der Waals surface area contributed by atoms with Gasteiger partial charge in [0.15, 0.2) is 0 Å². The van der Waals surface area contributed by atoms with E-state index in [0.717, 1.165) is 53.8 Å². The number of rotatable bonds is 6. The Balaban J connectivity index is 0.00000274. The largest absolute Gasteiger partial charge is 0.388 e. The van der Waals surface area contributed by atoms with Crippen LogP contribution in [0, 0.1) is 17.5 Å². The quantitative estimate of drug-likeness (QED) is 0.344. The standard InChI is InChI=1S/C27H25F3N2O.ClH/c28-18-7-10-20(11-8-18)32-25-12-9-19(29)16-22(25)23-17-31(15-13-26(23)32)14-3-6-27(33)21-4-1-2-5-24(21)30;/h1-2,4-5,7-12,16,27,33H,3,6,13-15,17H2;1H. The Kier molecular flexibility index (Phi) is 7.31. The van der Waals surface area contributed by atoms with Gasteiger partial charge < -0.3 is 9.67 Å². The fraction of sp³-hybridized carbons (Fsp3) is 0.259. The van der Waals surface area contributed by atoms with E-state index >= 15 is 0 Å². The molecule has 4 aromatic rings. The predicted molar refractivity (Wildman–Crippen MR) is 130 cm³/mol. The van der Waals surface area contributed by atoms with Crippen molar-refractivity contribution in [2.75, 3.05) is 13.1 Å². The SMILES string of the molecule is Cl.OC(CCCN1CCc2c(c3cc(F)ccc3n2-c2ccc(F)cc2)C1)c1ccccc1F. The molecule has 0 spiro atoms. The second-order valence-corrected chi connectivity index (χ2v) is 8.60. The zero-order chi connectivity index (χ0) is 22.9. The molecule has 0 saturated heterocycles. The van der Waals surface area contributed by atoms with Gasteiger partial charge in [0.1, 0.15) is 17.5 Å². The minimum atomic E-state index is -0.832. The summed E-state index contributed by atoms with van der Waals surface area (Å²) in [6, 6.07) is 17.5. The van der Waals surface area contributed by atoms with Crippen LogP contribution in [0.25, 0.3) is 16.6 Å². The third-order valence-electron chi connectivity index (χ3n) is 6.49. The van der Waals surface area contributed by atoms with Gasteiger partial charge in [0, 0.05) is 41.8 Å². The molecule has 3 nitrogen and oxygen atoms in total. The monoisotopic (exact) mass is 486 g/mol. The summed E-state index contributed by atoms with van der Waals surface area (Å²) in [5.74, 6) is -0.964. The van der Waals surface area contributed by atoms with E-state index in [9.17, 15) is 18.3 Å². The van der Waals surface area contributed by atoms with Crippen LogP contribution in [-0.2, 0) is 13.0 Å². The summed E-state index contributed by atoms with van der Waals surface area (Å²) in [5.41, 5.74) is 4.29. The van der Waals surface area contributed by atoms with Gasteiger partial charge in [0.25, 0.3) is 0 Å². The third kappa shape index (κ3) is 4.71. The molecular formula is C27H26ClF3N2O. The number of fused-ring (bicyclic) bond motifs is 3. The number of aromatic nitrogens is 1. The molecule has 0 fully saturated rings. The van der Waals surface area contributed by atoms with Crippen LogP contribution < -0.4 is 0 Å². The summed E-state index contributed by atoms with van der Waals surface area (Å²) >= 11 is 0. The molecule has 0 radical (unpaired) electrons. The predicted octanol–water partition coefficient (Wildman–Crippen LogP) is 6.34. The topological polar surface area (TPSA) is 28.4 Å². The first-order valence-electron chi connectivity index (χ1n) is 11.2. The molecule has 0 amide bonds. The maximum Gasteiger partial charge on any atom is 0.128 e. The molecule has 0 saturated carbocycles. The lowest BCUT2D eigenvalue weighted by molar-refractivity contribution is 0.149. The van der Waals surface area contributed by atoms with Crippen LogP contribution in [0.5, 0.6) is 0 Å². The molecular weight excluding hydrogens is 461 g/mol. The number of hydrogen-bond acceptors (Lipinski definition) is 2. The van der Waals surface area contributed by atoms with Gasteiger partial charge in [-0.25, -0.2) is 13.2 Å². The van der Waals surface area contributed by atoms with Gasteiger partial charge in [0.2, 0.25) is 0 Å². The highest BCUT2D eigenvalue weighted by Gasteiger charge is 2.25. The molecule has 1 N–H and O–H groups in total. The second kappa shape index (κ2) is 10.2. The smallest absolute Gasteiger partial charge is 0.128 e. The van der Waals surface area contributed by atoms with Gasteiger partial charge in [-0.05, 0) is 73.5 Å². The lowest BCUT2D eigenvalue weighted by Crippen LogP contribution is -2.32. The van der Waals surface area contributed by atoms with Crippen molar-refractivity contribution in [2.24, 2.45) is 0 Å². The number of aliphatic hydroxyl groups excluding tert-OH is 1. The molecule has 0 aliphatic carbocycles. The van der Waals surface area contributed by atoms with E-state index in [1.54, 1.807) is 42.5 Å². The Morgan fingerprint density at radius 2 is 1.65 bits per heavy atom. The first-order valence-corrected chi connectivity index (χ1v) is 11.2. The Hall–Kier alpha value is -2.80. The Morgan fingerprint density at radius 3 is 2.41 bits per heavy atom. The van der Waals surface area contributed by atoms with E-state index in [4.69, 9.17) is 0 Å². The van der Waals surface area contributed by atoms with Crippen molar-refractivity contribution >= 4 is 23.3 Å². The molecule has 34 heavy (non-hydrogen) atoms. The molecule has 1 aliphatic rings. The van der Waals surface area contributed by atoms with Crippen molar-refractivity contribution in [1.29, 1.82) is 0 Å². The Bertz CT molecular complexity index is 1290. The van der Waals surface area contributed by atoms with E-state index in [1.165, 1.54) is 24.3 Å². The number of hydrogen-bond donors (Lipinski definition) is 1. The van der Waals surface area contributed by atoms with Gasteiger partial charge in [-0.2, -0.15) is 0 Å². The van der Waals surface area contributed by atoms with Crippen molar-refractivity contribution in [3.8, 4) is 5.69 Å². The maximum atomic E-state index is 14.1. The lowest BCUT2D eigenvalue weighted by atomic mass is 10.0. The number of benzene rings is 3. The molecule has 1 unspecified atom stereocenters. The molecule has 1 aromatic heterocycles. The maximum absolute atomic E-state index is 14.1. The van der Waals surface area contributed by atoms with Crippen molar-refractivity contribution in [3.63, 3.8) is 0 Å². The van der Waals surface area contributed by atoms with E-state index < -0.39 is 6.10 Å². The number of nitrogens with zero attached hydrogens (tertiary/aromatic N) is 2. The molecule has 3 aromatic carbocycles. The van der Waals surface area contributed by atoms with Gasteiger partial charge >= 0.3 is 0 Å². The normalized spacial score (nSPS) is 14.6. The van der Waals surface area contributed by atoms with Gasteiger partial charge in [-0.1, -0.05) is 18.2 Å². The Labute approximate surface area is 202 Å². The van der Waals surface area contributed by atoms with Crippen molar-refractivity contribution in [1.82, 2.24) is 9.47 Å². The van der Waals surface area contributed by atoms with Crippen LogP contribution in [0.4, 0.5) is 13.2 Å². The van der Waals surface area contributed by atoms with Gasteiger partial charge in [-0.3, -0.25) is 4.90 Å². The minimum Gasteiger partial charge on any atom is -0.388 e. The first-order chi connectivity index (χ1) is 16.0. The highest BCUT2D eigenvalue weighted by molar-refractivity contribution is 5.87. The molecule has 1 aliphatic heterocycles. The third-order valence-corrected chi connectivity index (χ3v) is 6.49. The number of halogens is 4. The fourth-order valence-corrected chi connectivity index (χ4v) is 4.87. The summed E-state index contributed by atoms with van der Waals surface area (Å²) in [4.78, 5) is 2.29. The zero-order valence-corrected chi connectivity index (χ0v) is 19.4. The highest BCUT2D eigenvalue weighted by atomic mass is 35.5. The van der Waals surface area contributed by atoms with E-state index in [1.807, 2.05) is 0 Å². The highest BCUT2D eigenvalue weighted by Crippen LogP contribution is 2.34. The summed E-state index contributed by atoms with van der Waals surface area (Å²) in [6.45, 7) is 2.24. The van der Waals surface area contributed by atoms with Crippen LogP contribution in [-0.4, -0.2) is 27.7 Å². The number of aliphatic hydroxyl groups is 1. The fourth-order valence-electron chi connectivity index (χ4n) is 4.87. The molecule has 178 valence electrons. The van der Waals surface area contributed by atoms with Crippen molar-refractivity contribution in [2.45, 2.75) is 31.9 Å². The summed E-state index contributed by atoms with van der Waals surface area (Å²) in [5, 5.41) is 11.2. The van der Waals surface area contributed by atoms with E-state index in [0.29, 0.717) is 18.5 Å². The average Bonchev–Trinajstić information content (AvgIpc) is 3.13. The summed E-state index contributed by atoms with van der Waals surface area (Å²) < 4.78 is 43.6. The first kappa shape index (κ1) is 24.3. The van der Waals surface area contributed by atoms with Crippen LogP contribution in [0.2, 0.25) is 0 Å². The lowest BCUT2D eigenvalue weighted by Gasteiger charge is -2.28. The summed E-state index contributed by atoms with van der Waals surface area (Å²) in [6.07, 6.45) is 1.13. The van der Waals surface area contributed by atoms with Crippen LogP contribution >= 0.6 is 12.4 Å². The zero-order valence-electron chi connectivity index (χ0n) is 18.6. The van der Waals surface area contributed by atoms with E-state index in [-0.39, 0.29) is 29.9 Å². The molecule has 7 heteroatoms. The minimum absolute atomic E-state index is 0. The molecule has 5 rings (SSSR count). The second-order valence-electron chi connectivity index (χ2n) is 8.60. The summed E-state index contributed by atoms with van der Waals surface area (Å²) in [7, 11) is 0. The van der Waals surface area contributed by atoms with Gasteiger partial charge in [-0.15, -0.1) is 12.4 Å². The molecule has 2 heterocycles. The van der Waals surface area contributed by atoms with Gasteiger partial charge in [0.05, 0.1) is 11.6 Å². The molecule has 0 bridgehead atoms. The Morgan fingerprint density at radius 1 is 0.912 bits per heavy atom. The average molecular weight is 487 g/mol. The van der Waals surface area contributed by atoms with Crippen LogP contribution in [0.3, 0.4) is 0 Å². The molecule has 1 atom stereocenters. The van der Waals surface area contributed by atoms with Crippen LogP contribution in [0.15, 0.2) is 66.7 Å². The van der Waals surface area contributed by atoms with Crippen LogP contribution in [0.1, 0.15) is 35.8 Å². The van der Waals surface area contributed by atoms with Crippen molar-refractivity contribution < 1.29 is 18.3 Å². The van der Waals surface area contributed by atoms with E-state index in [2.05, 4.69) is 9.47 Å². The van der Waals surface area contributed by atoms with Crippen molar-refractivity contribution in [3.05, 3.63) is 101 Å².